The summed E-state index contributed by atoms with van der Waals surface area (Å²) in [7, 11) is 0. The van der Waals surface area contributed by atoms with Crippen LogP contribution in [0.25, 0.3) is 5.57 Å². The molecule has 0 heterocycles. The van der Waals surface area contributed by atoms with Gasteiger partial charge in [0.2, 0.25) is 0 Å². The second kappa shape index (κ2) is 6.09. The molecule has 0 bridgehead atoms. The third-order valence-electron chi connectivity index (χ3n) is 3.20. The SMILES string of the molecule is C=C(CCC)CC(=C)c1c(C)c(F)c(F)c(C)c1F. The van der Waals surface area contributed by atoms with Crippen molar-refractivity contribution in [3.8, 4) is 0 Å². The molecule has 1 aromatic carbocycles. The van der Waals surface area contributed by atoms with E-state index in [1.807, 2.05) is 6.92 Å². The van der Waals surface area contributed by atoms with E-state index in [0.29, 0.717) is 12.0 Å². The standard InChI is InChI=1S/C16H19F3/c1-6-7-9(2)8-10(3)13-11(4)15(18)16(19)12(5)14(13)17/h2-3,6-8H2,1,4-5H3. The molecule has 0 saturated heterocycles. The van der Waals surface area contributed by atoms with Crippen molar-refractivity contribution in [3.05, 3.63) is 52.9 Å². The van der Waals surface area contributed by atoms with Gasteiger partial charge in [0, 0.05) is 11.1 Å². The zero-order valence-electron chi connectivity index (χ0n) is 11.7. The molecule has 0 saturated carbocycles. The number of halogens is 3. The number of allylic oxidation sites excluding steroid dienone is 2. The molecule has 3 heteroatoms. The van der Waals surface area contributed by atoms with Gasteiger partial charge in [-0.2, -0.15) is 0 Å². The van der Waals surface area contributed by atoms with Gasteiger partial charge >= 0.3 is 0 Å². The van der Waals surface area contributed by atoms with Crippen LogP contribution in [0.1, 0.15) is 42.9 Å². The Kier molecular flexibility index (Phi) is 4.98. The van der Waals surface area contributed by atoms with E-state index in [-0.39, 0.29) is 16.7 Å². The fourth-order valence-electron chi connectivity index (χ4n) is 2.14. The van der Waals surface area contributed by atoms with Crippen molar-refractivity contribution in [3.63, 3.8) is 0 Å². The van der Waals surface area contributed by atoms with Gasteiger partial charge in [-0.05, 0) is 37.8 Å². The van der Waals surface area contributed by atoms with E-state index in [0.717, 1.165) is 18.4 Å². The first-order chi connectivity index (χ1) is 8.81. The molecular formula is C16H19F3. The van der Waals surface area contributed by atoms with Crippen LogP contribution >= 0.6 is 0 Å². The van der Waals surface area contributed by atoms with E-state index in [9.17, 15) is 13.2 Å². The van der Waals surface area contributed by atoms with Gasteiger partial charge in [0.05, 0.1) is 0 Å². The monoisotopic (exact) mass is 268 g/mol. The first-order valence-electron chi connectivity index (χ1n) is 6.29. The molecule has 0 N–H and O–H groups in total. The molecule has 0 radical (unpaired) electrons. The van der Waals surface area contributed by atoms with Crippen molar-refractivity contribution >= 4 is 5.57 Å². The molecule has 0 atom stereocenters. The van der Waals surface area contributed by atoms with Crippen molar-refractivity contribution in [2.45, 2.75) is 40.0 Å². The maximum Gasteiger partial charge on any atom is 0.164 e. The minimum Gasteiger partial charge on any atom is -0.206 e. The van der Waals surface area contributed by atoms with Crippen LogP contribution in [0.15, 0.2) is 18.7 Å². The highest BCUT2D eigenvalue weighted by atomic mass is 19.2. The van der Waals surface area contributed by atoms with Crippen molar-refractivity contribution in [2.75, 3.05) is 0 Å². The van der Waals surface area contributed by atoms with E-state index in [4.69, 9.17) is 0 Å². The molecular weight excluding hydrogens is 249 g/mol. The van der Waals surface area contributed by atoms with Gasteiger partial charge in [0.1, 0.15) is 5.82 Å². The molecule has 0 amide bonds. The van der Waals surface area contributed by atoms with Gasteiger partial charge in [-0.3, -0.25) is 0 Å². The van der Waals surface area contributed by atoms with E-state index in [1.165, 1.54) is 13.8 Å². The van der Waals surface area contributed by atoms with Crippen LogP contribution in [0.2, 0.25) is 0 Å². The lowest BCUT2D eigenvalue weighted by molar-refractivity contribution is 0.479. The van der Waals surface area contributed by atoms with E-state index in [2.05, 4.69) is 13.2 Å². The van der Waals surface area contributed by atoms with Crippen molar-refractivity contribution < 1.29 is 13.2 Å². The second-order valence-electron chi connectivity index (χ2n) is 4.85. The van der Waals surface area contributed by atoms with Gasteiger partial charge < -0.3 is 0 Å². The quantitative estimate of drug-likeness (QED) is 0.490. The first kappa shape index (κ1) is 15.5. The minimum absolute atomic E-state index is 0.0325. The van der Waals surface area contributed by atoms with Crippen molar-refractivity contribution in [1.29, 1.82) is 0 Å². The summed E-state index contributed by atoms with van der Waals surface area (Å²) >= 11 is 0. The van der Waals surface area contributed by atoms with Crippen LogP contribution in [0.3, 0.4) is 0 Å². The molecule has 19 heavy (non-hydrogen) atoms. The minimum atomic E-state index is -1.13. The molecule has 0 nitrogen and oxygen atoms in total. The van der Waals surface area contributed by atoms with Gasteiger partial charge in [-0.1, -0.05) is 32.1 Å². The molecule has 0 aromatic heterocycles. The Hall–Kier alpha value is -1.51. The summed E-state index contributed by atoms with van der Waals surface area (Å²) in [5.41, 5.74) is 1.09. The van der Waals surface area contributed by atoms with E-state index >= 15 is 0 Å². The maximum absolute atomic E-state index is 14.1. The Labute approximate surface area is 112 Å². The smallest absolute Gasteiger partial charge is 0.164 e. The molecule has 0 aliphatic rings. The summed E-state index contributed by atoms with van der Waals surface area (Å²) < 4.78 is 41.2. The molecule has 1 aromatic rings. The van der Waals surface area contributed by atoms with Crippen molar-refractivity contribution in [2.24, 2.45) is 0 Å². The zero-order valence-corrected chi connectivity index (χ0v) is 11.7. The number of rotatable bonds is 5. The Morgan fingerprint density at radius 2 is 1.47 bits per heavy atom. The van der Waals surface area contributed by atoms with Crippen LogP contribution in [0, 0.1) is 31.3 Å². The summed E-state index contributed by atoms with van der Waals surface area (Å²) in [6, 6.07) is 0. The average Bonchev–Trinajstić information content (AvgIpc) is 2.34. The Morgan fingerprint density at radius 3 is 2.00 bits per heavy atom. The molecule has 0 unspecified atom stereocenters. The summed E-state index contributed by atoms with van der Waals surface area (Å²) in [4.78, 5) is 0. The number of hydrogen-bond donors (Lipinski definition) is 0. The lowest BCUT2D eigenvalue weighted by Crippen LogP contribution is -2.05. The van der Waals surface area contributed by atoms with Crippen LogP contribution in [0.4, 0.5) is 13.2 Å². The van der Waals surface area contributed by atoms with E-state index < -0.39 is 17.5 Å². The maximum atomic E-state index is 14.1. The predicted molar refractivity (Wildman–Crippen MR) is 73.5 cm³/mol. The lowest BCUT2D eigenvalue weighted by Gasteiger charge is -2.15. The highest BCUT2D eigenvalue weighted by molar-refractivity contribution is 5.69. The van der Waals surface area contributed by atoms with E-state index in [1.54, 1.807) is 0 Å². The number of hydrogen-bond acceptors (Lipinski definition) is 0. The second-order valence-corrected chi connectivity index (χ2v) is 4.85. The van der Waals surface area contributed by atoms with Gasteiger partial charge in [0.15, 0.2) is 11.6 Å². The summed E-state index contributed by atoms with van der Waals surface area (Å²) in [6.45, 7) is 12.3. The predicted octanol–water partition coefficient (Wildman–Crippen LogP) is 5.48. The van der Waals surface area contributed by atoms with Gasteiger partial charge in [0.25, 0.3) is 0 Å². The average molecular weight is 268 g/mol. The third-order valence-corrected chi connectivity index (χ3v) is 3.20. The summed E-state index contributed by atoms with van der Waals surface area (Å²) in [5.74, 6) is -2.86. The largest absolute Gasteiger partial charge is 0.206 e. The van der Waals surface area contributed by atoms with Gasteiger partial charge in [-0.15, -0.1) is 0 Å². The highest BCUT2D eigenvalue weighted by Gasteiger charge is 2.21. The summed E-state index contributed by atoms with van der Waals surface area (Å²) in [5, 5.41) is 0. The molecule has 0 fully saturated rings. The topological polar surface area (TPSA) is 0 Å². The molecule has 0 aliphatic heterocycles. The third kappa shape index (κ3) is 3.09. The van der Waals surface area contributed by atoms with Crippen LogP contribution in [-0.4, -0.2) is 0 Å². The van der Waals surface area contributed by atoms with Gasteiger partial charge in [-0.25, -0.2) is 13.2 Å². The Morgan fingerprint density at radius 1 is 0.947 bits per heavy atom. The zero-order chi connectivity index (χ0) is 14.7. The molecule has 1 rings (SSSR count). The Bertz CT molecular complexity index is 498. The molecule has 0 aliphatic carbocycles. The summed E-state index contributed by atoms with van der Waals surface area (Å²) in [6.07, 6.45) is 2.14. The Balaban J connectivity index is 3.21. The number of benzene rings is 1. The first-order valence-corrected chi connectivity index (χ1v) is 6.29. The van der Waals surface area contributed by atoms with Crippen LogP contribution < -0.4 is 0 Å². The van der Waals surface area contributed by atoms with Crippen LogP contribution in [-0.2, 0) is 0 Å². The van der Waals surface area contributed by atoms with Crippen molar-refractivity contribution in [1.82, 2.24) is 0 Å². The fourth-order valence-corrected chi connectivity index (χ4v) is 2.14. The fraction of sp³-hybridized carbons (Fsp3) is 0.375. The molecule has 104 valence electrons. The lowest BCUT2D eigenvalue weighted by atomic mass is 9.92. The highest BCUT2D eigenvalue weighted by Crippen LogP contribution is 2.32. The molecule has 0 spiro atoms. The van der Waals surface area contributed by atoms with Crippen LogP contribution in [0.5, 0.6) is 0 Å². The normalized spacial score (nSPS) is 10.6.